The molecular formula is C17H20ClFN2. The zero-order valence-corrected chi connectivity index (χ0v) is 13.1. The second kappa shape index (κ2) is 6.92. The predicted octanol–water partition coefficient (Wildman–Crippen LogP) is 4.01. The van der Waals surface area contributed by atoms with Gasteiger partial charge in [-0.2, -0.15) is 0 Å². The maximum absolute atomic E-state index is 14.2. The van der Waals surface area contributed by atoms with Crippen LogP contribution in [0.1, 0.15) is 18.1 Å². The molecule has 0 aliphatic rings. The third kappa shape index (κ3) is 4.45. The largest absolute Gasteiger partial charge is 0.368 e. The van der Waals surface area contributed by atoms with Crippen LogP contribution in [0.2, 0.25) is 5.02 Å². The van der Waals surface area contributed by atoms with Gasteiger partial charge < -0.3 is 10.6 Å². The SMILES string of the molecule is CC(N)Cc1ccc(N(C)Cc2ccc(Cl)cc2)c(F)c1. The van der Waals surface area contributed by atoms with Gasteiger partial charge in [0.15, 0.2) is 0 Å². The lowest BCUT2D eigenvalue weighted by Gasteiger charge is -2.21. The minimum Gasteiger partial charge on any atom is -0.368 e. The van der Waals surface area contributed by atoms with Crippen molar-refractivity contribution in [2.75, 3.05) is 11.9 Å². The van der Waals surface area contributed by atoms with Crippen molar-refractivity contribution in [3.63, 3.8) is 0 Å². The summed E-state index contributed by atoms with van der Waals surface area (Å²) in [6.07, 6.45) is 0.679. The highest BCUT2D eigenvalue weighted by Crippen LogP contribution is 2.22. The molecule has 0 bridgehead atoms. The summed E-state index contributed by atoms with van der Waals surface area (Å²) in [5.74, 6) is -0.218. The van der Waals surface area contributed by atoms with Crippen LogP contribution in [0, 0.1) is 5.82 Å². The molecule has 1 atom stereocenters. The van der Waals surface area contributed by atoms with E-state index in [0.29, 0.717) is 23.7 Å². The van der Waals surface area contributed by atoms with Gasteiger partial charge in [0.25, 0.3) is 0 Å². The van der Waals surface area contributed by atoms with Gasteiger partial charge in [-0.3, -0.25) is 0 Å². The number of anilines is 1. The number of hydrogen-bond acceptors (Lipinski definition) is 2. The predicted molar refractivity (Wildman–Crippen MR) is 87.3 cm³/mol. The summed E-state index contributed by atoms with van der Waals surface area (Å²) in [5, 5.41) is 0.702. The highest BCUT2D eigenvalue weighted by Gasteiger charge is 2.10. The fraction of sp³-hybridized carbons (Fsp3) is 0.294. The molecule has 0 radical (unpaired) electrons. The summed E-state index contributed by atoms with van der Waals surface area (Å²) in [6, 6.07) is 12.9. The van der Waals surface area contributed by atoms with E-state index in [-0.39, 0.29) is 11.9 Å². The van der Waals surface area contributed by atoms with Crippen molar-refractivity contribution < 1.29 is 4.39 Å². The molecule has 112 valence electrons. The zero-order valence-electron chi connectivity index (χ0n) is 12.3. The molecule has 2 rings (SSSR count). The third-order valence-corrected chi connectivity index (χ3v) is 3.57. The van der Waals surface area contributed by atoms with Gasteiger partial charge in [0.1, 0.15) is 5.82 Å². The standard InChI is InChI=1S/C17H20ClFN2/c1-12(20)9-14-5-8-17(16(19)10-14)21(2)11-13-3-6-15(18)7-4-13/h3-8,10,12H,9,11,20H2,1-2H3. The van der Waals surface area contributed by atoms with Gasteiger partial charge >= 0.3 is 0 Å². The summed E-state index contributed by atoms with van der Waals surface area (Å²) >= 11 is 5.87. The Morgan fingerprint density at radius 2 is 1.76 bits per heavy atom. The van der Waals surface area contributed by atoms with Crippen molar-refractivity contribution >= 4 is 17.3 Å². The zero-order chi connectivity index (χ0) is 15.4. The Bertz CT molecular complexity index is 596. The number of nitrogens with two attached hydrogens (primary N) is 1. The first kappa shape index (κ1) is 15.8. The third-order valence-electron chi connectivity index (χ3n) is 3.31. The topological polar surface area (TPSA) is 29.3 Å². The van der Waals surface area contributed by atoms with E-state index in [4.69, 9.17) is 17.3 Å². The lowest BCUT2D eigenvalue weighted by Crippen LogP contribution is -2.19. The van der Waals surface area contributed by atoms with Gasteiger partial charge in [-0.25, -0.2) is 4.39 Å². The van der Waals surface area contributed by atoms with E-state index in [1.807, 2.05) is 55.3 Å². The highest BCUT2D eigenvalue weighted by atomic mass is 35.5. The minimum atomic E-state index is -0.218. The fourth-order valence-corrected chi connectivity index (χ4v) is 2.43. The monoisotopic (exact) mass is 306 g/mol. The lowest BCUT2D eigenvalue weighted by atomic mass is 10.1. The molecule has 2 nitrogen and oxygen atoms in total. The van der Waals surface area contributed by atoms with Gasteiger partial charge in [0.05, 0.1) is 5.69 Å². The van der Waals surface area contributed by atoms with Crippen LogP contribution in [0.25, 0.3) is 0 Å². The number of nitrogens with zero attached hydrogens (tertiary/aromatic N) is 1. The van der Waals surface area contributed by atoms with E-state index >= 15 is 0 Å². The summed E-state index contributed by atoms with van der Waals surface area (Å²) < 4.78 is 14.2. The summed E-state index contributed by atoms with van der Waals surface area (Å²) in [7, 11) is 1.87. The second-order valence-electron chi connectivity index (χ2n) is 5.45. The van der Waals surface area contributed by atoms with Gasteiger partial charge in [-0.1, -0.05) is 29.8 Å². The van der Waals surface area contributed by atoms with Crippen LogP contribution in [-0.4, -0.2) is 13.1 Å². The number of rotatable bonds is 5. The molecule has 0 saturated heterocycles. The fourth-order valence-electron chi connectivity index (χ4n) is 2.31. The lowest BCUT2D eigenvalue weighted by molar-refractivity contribution is 0.617. The normalized spacial score (nSPS) is 12.2. The molecule has 4 heteroatoms. The molecule has 0 fully saturated rings. The van der Waals surface area contributed by atoms with Crippen LogP contribution in [0.4, 0.5) is 10.1 Å². The van der Waals surface area contributed by atoms with E-state index in [1.165, 1.54) is 0 Å². The average molecular weight is 307 g/mol. The molecular weight excluding hydrogens is 287 g/mol. The Labute approximate surface area is 130 Å². The van der Waals surface area contributed by atoms with E-state index in [9.17, 15) is 4.39 Å². The smallest absolute Gasteiger partial charge is 0.146 e. The van der Waals surface area contributed by atoms with Crippen LogP contribution in [0.5, 0.6) is 0 Å². The molecule has 0 heterocycles. The molecule has 2 N–H and O–H groups in total. The molecule has 0 aromatic heterocycles. The van der Waals surface area contributed by atoms with Crippen molar-refractivity contribution in [2.45, 2.75) is 25.9 Å². The molecule has 0 aliphatic heterocycles. The van der Waals surface area contributed by atoms with Crippen molar-refractivity contribution in [2.24, 2.45) is 5.73 Å². The van der Waals surface area contributed by atoms with Gasteiger partial charge in [-0.05, 0) is 48.7 Å². The Morgan fingerprint density at radius 3 is 2.33 bits per heavy atom. The molecule has 1 unspecified atom stereocenters. The van der Waals surface area contributed by atoms with Gasteiger partial charge in [0, 0.05) is 24.7 Å². The first-order chi connectivity index (χ1) is 9.95. The quantitative estimate of drug-likeness (QED) is 0.904. The number of benzene rings is 2. The van der Waals surface area contributed by atoms with Crippen molar-refractivity contribution in [3.05, 3.63) is 64.4 Å². The summed E-state index contributed by atoms with van der Waals surface area (Å²) in [6.45, 7) is 2.54. The van der Waals surface area contributed by atoms with Crippen LogP contribution in [0.15, 0.2) is 42.5 Å². The minimum absolute atomic E-state index is 0.0297. The van der Waals surface area contributed by atoms with Crippen molar-refractivity contribution in [1.29, 1.82) is 0 Å². The Kier molecular flexibility index (Phi) is 5.21. The van der Waals surface area contributed by atoms with Crippen LogP contribution in [-0.2, 0) is 13.0 Å². The number of halogens is 2. The number of hydrogen-bond donors (Lipinski definition) is 1. The molecule has 21 heavy (non-hydrogen) atoms. The Morgan fingerprint density at radius 1 is 1.14 bits per heavy atom. The maximum Gasteiger partial charge on any atom is 0.146 e. The molecule has 0 spiro atoms. The summed E-state index contributed by atoms with van der Waals surface area (Å²) in [5.41, 5.74) is 8.33. The molecule has 0 aliphatic carbocycles. The van der Waals surface area contributed by atoms with E-state index < -0.39 is 0 Å². The van der Waals surface area contributed by atoms with Crippen LogP contribution in [0.3, 0.4) is 0 Å². The molecule has 0 amide bonds. The maximum atomic E-state index is 14.2. The second-order valence-corrected chi connectivity index (χ2v) is 5.89. The first-order valence-corrected chi connectivity index (χ1v) is 7.33. The van der Waals surface area contributed by atoms with Crippen LogP contribution < -0.4 is 10.6 Å². The molecule has 2 aromatic carbocycles. The van der Waals surface area contributed by atoms with E-state index in [1.54, 1.807) is 6.07 Å². The first-order valence-electron chi connectivity index (χ1n) is 6.95. The Hall–Kier alpha value is -1.58. The average Bonchev–Trinajstić information content (AvgIpc) is 2.40. The van der Waals surface area contributed by atoms with Gasteiger partial charge in [0.2, 0.25) is 0 Å². The highest BCUT2D eigenvalue weighted by molar-refractivity contribution is 6.30. The van der Waals surface area contributed by atoms with Crippen molar-refractivity contribution in [1.82, 2.24) is 0 Å². The van der Waals surface area contributed by atoms with Crippen LogP contribution >= 0.6 is 11.6 Å². The van der Waals surface area contributed by atoms with Gasteiger partial charge in [-0.15, -0.1) is 0 Å². The van der Waals surface area contributed by atoms with E-state index in [0.717, 1.165) is 11.1 Å². The van der Waals surface area contributed by atoms with Crippen molar-refractivity contribution in [3.8, 4) is 0 Å². The molecule has 0 saturated carbocycles. The summed E-state index contributed by atoms with van der Waals surface area (Å²) in [4.78, 5) is 1.88. The van der Waals surface area contributed by atoms with E-state index in [2.05, 4.69) is 0 Å². The Balaban J connectivity index is 2.11. The molecule has 2 aromatic rings.